The third kappa shape index (κ3) is 5.17. The van der Waals surface area contributed by atoms with Gasteiger partial charge < -0.3 is 20.5 Å². The van der Waals surface area contributed by atoms with Crippen LogP contribution in [0.1, 0.15) is 27.6 Å². The van der Waals surface area contributed by atoms with E-state index < -0.39 is 30.3 Å². The van der Waals surface area contributed by atoms with Crippen molar-refractivity contribution in [1.82, 2.24) is 5.32 Å². The molecule has 0 bridgehead atoms. The number of ether oxygens (including phenoxy) is 1. The van der Waals surface area contributed by atoms with Gasteiger partial charge in [0.05, 0.1) is 5.56 Å². The van der Waals surface area contributed by atoms with Gasteiger partial charge >= 0.3 is 11.9 Å². The number of benzene rings is 2. The molecule has 134 valence electrons. The molecular formula is C18H16N2O6. The van der Waals surface area contributed by atoms with Crippen molar-refractivity contribution in [1.29, 1.82) is 0 Å². The van der Waals surface area contributed by atoms with Gasteiger partial charge in [-0.2, -0.15) is 0 Å². The Labute approximate surface area is 148 Å². The van der Waals surface area contributed by atoms with Gasteiger partial charge in [-0.25, -0.2) is 0 Å². The maximum absolute atomic E-state index is 12.4. The second kappa shape index (κ2) is 8.43. The maximum Gasteiger partial charge on any atom is 0.322 e. The third-order valence-corrected chi connectivity index (χ3v) is 3.19. The van der Waals surface area contributed by atoms with E-state index in [1.165, 1.54) is 43.3 Å². The summed E-state index contributed by atoms with van der Waals surface area (Å²) in [6.45, 7) is 0.757. The molecule has 0 saturated carbocycles. The lowest BCUT2D eigenvalue weighted by atomic mass is 10.1. The van der Waals surface area contributed by atoms with Gasteiger partial charge in [-0.05, 0) is 36.4 Å². The molecule has 2 amide bonds. The molecule has 0 aromatic heterocycles. The highest BCUT2D eigenvalue weighted by Gasteiger charge is 2.14. The summed E-state index contributed by atoms with van der Waals surface area (Å²) in [5, 5.41) is 13.4. The van der Waals surface area contributed by atoms with E-state index in [4.69, 9.17) is 9.84 Å². The van der Waals surface area contributed by atoms with Crippen LogP contribution in [0.25, 0.3) is 0 Å². The van der Waals surface area contributed by atoms with Crippen LogP contribution in [0.15, 0.2) is 48.5 Å². The zero-order valence-corrected chi connectivity index (χ0v) is 13.8. The summed E-state index contributed by atoms with van der Waals surface area (Å²) in [7, 11) is 0. The molecule has 0 aliphatic carbocycles. The standard InChI is InChI=1S/C18H16N2O6/c1-11(21)26-15-5-3-2-4-14(15)18(25)20-13-8-6-12(7-9-13)17(24)19-10-16(22)23/h2-9H,10H2,1H3,(H,19,24)(H,20,25)(H,22,23). The molecule has 0 fully saturated rings. The Balaban J connectivity index is 2.07. The summed E-state index contributed by atoms with van der Waals surface area (Å²) in [6, 6.07) is 12.2. The first kappa shape index (κ1) is 18.7. The monoisotopic (exact) mass is 356 g/mol. The Morgan fingerprint density at radius 2 is 1.62 bits per heavy atom. The molecule has 0 aliphatic rings. The van der Waals surface area contributed by atoms with Crippen molar-refractivity contribution < 1.29 is 29.0 Å². The first-order chi connectivity index (χ1) is 12.4. The van der Waals surface area contributed by atoms with Crippen molar-refractivity contribution in [3.8, 4) is 5.75 Å². The van der Waals surface area contributed by atoms with Gasteiger partial charge in [0.2, 0.25) is 0 Å². The predicted molar refractivity (Wildman–Crippen MR) is 92.1 cm³/mol. The van der Waals surface area contributed by atoms with Crippen molar-refractivity contribution >= 4 is 29.4 Å². The first-order valence-electron chi connectivity index (χ1n) is 7.55. The Hall–Kier alpha value is -3.68. The number of carboxylic acid groups (broad SMARTS) is 1. The van der Waals surface area contributed by atoms with Crippen LogP contribution in [0.2, 0.25) is 0 Å². The highest BCUT2D eigenvalue weighted by atomic mass is 16.5. The number of aliphatic carboxylic acids is 1. The van der Waals surface area contributed by atoms with Crippen molar-refractivity contribution in [3.05, 3.63) is 59.7 Å². The lowest BCUT2D eigenvalue weighted by Gasteiger charge is -2.10. The summed E-state index contributed by atoms with van der Waals surface area (Å²) < 4.78 is 5.00. The minimum atomic E-state index is -1.14. The summed E-state index contributed by atoms with van der Waals surface area (Å²) in [6.07, 6.45) is 0. The van der Waals surface area contributed by atoms with E-state index >= 15 is 0 Å². The molecule has 0 atom stereocenters. The second-order valence-electron chi connectivity index (χ2n) is 5.20. The molecule has 26 heavy (non-hydrogen) atoms. The lowest BCUT2D eigenvalue weighted by molar-refractivity contribution is -0.136. The topological polar surface area (TPSA) is 122 Å². The van der Waals surface area contributed by atoms with E-state index in [9.17, 15) is 19.2 Å². The Kier molecular flexibility index (Phi) is 6.05. The maximum atomic E-state index is 12.4. The number of nitrogens with one attached hydrogen (secondary N) is 2. The van der Waals surface area contributed by atoms with Gasteiger partial charge in [0, 0.05) is 18.2 Å². The smallest absolute Gasteiger partial charge is 0.322 e. The number of carbonyl (C=O) groups excluding carboxylic acids is 3. The molecule has 0 heterocycles. The van der Waals surface area contributed by atoms with E-state index in [1.807, 2.05) is 0 Å². The molecule has 2 aromatic carbocycles. The van der Waals surface area contributed by atoms with E-state index in [0.717, 1.165) is 0 Å². The third-order valence-electron chi connectivity index (χ3n) is 3.19. The number of para-hydroxylation sites is 1. The van der Waals surface area contributed by atoms with Crippen LogP contribution in [0.3, 0.4) is 0 Å². The van der Waals surface area contributed by atoms with Crippen LogP contribution in [-0.2, 0) is 9.59 Å². The van der Waals surface area contributed by atoms with Gasteiger partial charge in [-0.1, -0.05) is 12.1 Å². The number of esters is 1. The molecule has 8 heteroatoms. The first-order valence-corrected chi connectivity index (χ1v) is 7.55. The largest absolute Gasteiger partial charge is 0.480 e. The van der Waals surface area contributed by atoms with Crippen molar-refractivity contribution in [2.24, 2.45) is 0 Å². The number of amides is 2. The highest BCUT2D eigenvalue weighted by molar-refractivity contribution is 6.06. The lowest BCUT2D eigenvalue weighted by Crippen LogP contribution is -2.29. The van der Waals surface area contributed by atoms with Gasteiger partial charge in [0.25, 0.3) is 11.8 Å². The van der Waals surface area contributed by atoms with E-state index in [1.54, 1.807) is 12.1 Å². The molecule has 0 saturated heterocycles. The molecule has 2 aromatic rings. The van der Waals surface area contributed by atoms with Crippen LogP contribution in [-0.4, -0.2) is 35.4 Å². The number of anilines is 1. The number of carbonyl (C=O) groups is 4. The Bertz CT molecular complexity index is 845. The molecule has 2 rings (SSSR count). The fourth-order valence-corrected chi connectivity index (χ4v) is 2.06. The normalized spacial score (nSPS) is 9.88. The van der Waals surface area contributed by atoms with Crippen LogP contribution < -0.4 is 15.4 Å². The Morgan fingerprint density at radius 3 is 2.23 bits per heavy atom. The minimum Gasteiger partial charge on any atom is -0.480 e. The number of hydrogen-bond donors (Lipinski definition) is 3. The molecule has 3 N–H and O–H groups in total. The summed E-state index contributed by atoms with van der Waals surface area (Å²) in [5.74, 6) is -2.56. The second-order valence-corrected chi connectivity index (χ2v) is 5.20. The van der Waals surface area contributed by atoms with Gasteiger partial charge in [-0.15, -0.1) is 0 Å². The zero-order valence-electron chi connectivity index (χ0n) is 13.8. The molecule has 0 unspecified atom stereocenters. The van der Waals surface area contributed by atoms with E-state index in [-0.39, 0.29) is 16.9 Å². The van der Waals surface area contributed by atoms with Gasteiger partial charge in [0.1, 0.15) is 12.3 Å². The summed E-state index contributed by atoms with van der Waals surface area (Å²) >= 11 is 0. The predicted octanol–water partition coefficient (Wildman–Crippen LogP) is 1.68. The quantitative estimate of drug-likeness (QED) is 0.535. The van der Waals surface area contributed by atoms with Crippen LogP contribution >= 0.6 is 0 Å². The highest BCUT2D eigenvalue weighted by Crippen LogP contribution is 2.20. The van der Waals surface area contributed by atoms with E-state index in [0.29, 0.717) is 5.69 Å². The molecule has 0 spiro atoms. The fourth-order valence-electron chi connectivity index (χ4n) is 2.06. The molecule has 8 nitrogen and oxygen atoms in total. The van der Waals surface area contributed by atoms with Crippen molar-refractivity contribution in [3.63, 3.8) is 0 Å². The molecular weight excluding hydrogens is 340 g/mol. The fraction of sp³-hybridized carbons (Fsp3) is 0.111. The zero-order chi connectivity index (χ0) is 19.1. The summed E-state index contributed by atoms with van der Waals surface area (Å²) in [4.78, 5) is 45.7. The van der Waals surface area contributed by atoms with E-state index in [2.05, 4.69) is 10.6 Å². The van der Waals surface area contributed by atoms with Crippen LogP contribution in [0, 0.1) is 0 Å². The minimum absolute atomic E-state index is 0.141. The number of carboxylic acids is 1. The molecule has 0 aliphatic heterocycles. The summed E-state index contributed by atoms with van der Waals surface area (Å²) in [5.41, 5.74) is 0.859. The average molecular weight is 356 g/mol. The van der Waals surface area contributed by atoms with Crippen molar-refractivity contribution in [2.75, 3.05) is 11.9 Å². The average Bonchev–Trinajstić information content (AvgIpc) is 2.60. The van der Waals surface area contributed by atoms with Crippen LogP contribution in [0.4, 0.5) is 5.69 Å². The van der Waals surface area contributed by atoms with Gasteiger partial charge in [-0.3, -0.25) is 19.2 Å². The Morgan fingerprint density at radius 1 is 0.962 bits per heavy atom. The molecule has 0 radical (unpaired) electrons. The SMILES string of the molecule is CC(=O)Oc1ccccc1C(=O)Nc1ccc(C(=O)NCC(=O)O)cc1. The number of hydrogen-bond acceptors (Lipinski definition) is 5. The van der Waals surface area contributed by atoms with Crippen LogP contribution in [0.5, 0.6) is 5.75 Å². The van der Waals surface area contributed by atoms with Crippen molar-refractivity contribution in [2.45, 2.75) is 6.92 Å². The van der Waals surface area contributed by atoms with Gasteiger partial charge in [0.15, 0.2) is 0 Å². The number of rotatable bonds is 6.